The van der Waals surface area contributed by atoms with Gasteiger partial charge >= 0.3 is 0 Å². The van der Waals surface area contributed by atoms with Crippen LogP contribution < -0.4 is 10.1 Å². The van der Waals surface area contributed by atoms with Crippen molar-refractivity contribution in [3.63, 3.8) is 0 Å². The van der Waals surface area contributed by atoms with Crippen LogP contribution in [-0.2, 0) is 0 Å². The molecule has 0 amide bonds. The maximum Gasteiger partial charge on any atom is 0.184 e. The highest BCUT2D eigenvalue weighted by Gasteiger charge is 2.23. The molecule has 2 fully saturated rings. The maximum atomic E-state index is 10.2. The first-order chi connectivity index (χ1) is 14.2. The monoisotopic (exact) mass is 405 g/mol. The number of rotatable bonds is 4. The van der Waals surface area contributed by atoms with E-state index in [1.165, 1.54) is 12.8 Å². The number of anilines is 1. The summed E-state index contributed by atoms with van der Waals surface area (Å²) in [6.07, 6.45) is 7.94. The molecule has 2 aliphatic carbocycles. The van der Waals surface area contributed by atoms with Gasteiger partial charge in [-0.2, -0.15) is 0 Å². The van der Waals surface area contributed by atoms with Crippen molar-refractivity contribution < 1.29 is 9.84 Å². The predicted octanol–water partition coefficient (Wildman–Crippen LogP) is 4.96. The summed E-state index contributed by atoms with van der Waals surface area (Å²) in [6.45, 7) is 0. The first-order valence-electron chi connectivity index (χ1n) is 10.2. The average Bonchev–Trinajstić information content (AvgIpc) is 3.47. The fourth-order valence-corrected chi connectivity index (χ4v) is 4.51. The van der Waals surface area contributed by atoms with Crippen molar-refractivity contribution in [2.45, 2.75) is 50.7 Å². The lowest BCUT2D eigenvalue weighted by molar-refractivity contribution is 0.116. The number of aromatic nitrogens is 2. The van der Waals surface area contributed by atoms with Crippen molar-refractivity contribution in [1.82, 2.24) is 9.97 Å². The van der Waals surface area contributed by atoms with Crippen molar-refractivity contribution in [3.05, 3.63) is 42.2 Å². The molecule has 29 heavy (non-hydrogen) atoms. The van der Waals surface area contributed by atoms with Crippen LogP contribution in [0.5, 0.6) is 11.5 Å². The summed E-state index contributed by atoms with van der Waals surface area (Å²) in [5.41, 5.74) is 1.67. The zero-order valence-electron chi connectivity index (χ0n) is 16.1. The van der Waals surface area contributed by atoms with Crippen LogP contribution in [0.4, 0.5) is 5.13 Å². The number of benzene rings is 1. The molecule has 0 spiro atoms. The van der Waals surface area contributed by atoms with E-state index in [9.17, 15) is 5.11 Å². The standard InChI is InChI=1S/C23H23N3O2S/c27-21-4-2-1-3-19(21)25-23-26-20-10-9-17(14-22(20)29-23)28-18-11-12-24-16(13-18)8-7-15-5-6-15/h9-15,19,21,27H,1-6H2,(H,25,26)/t19-,21-/m1/s1. The summed E-state index contributed by atoms with van der Waals surface area (Å²) < 4.78 is 7.09. The van der Waals surface area contributed by atoms with Gasteiger partial charge in [-0.25, -0.2) is 9.97 Å². The predicted molar refractivity (Wildman–Crippen MR) is 115 cm³/mol. The van der Waals surface area contributed by atoms with Crippen molar-refractivity contribution >= 4 is 26.7 Å². The Morgan fingerprint density at radius 1 is 1.07 bits per heavy atom. The van der Waals surface area contributed by atoms with Crippen molar-refractivity contribution in [2.75, 3.05) is 5.32 Å². The number of hydrogen-bond acceptors (Lipinski definition) is 6. The van der Waals surface area contributed by atoms with Crippen LogP contribution in [0.2, 0.25) is 0 Å². The molecule has 6 heteroatoms. The van der Waals surface area contributed by atoms with Crippen LogP contribution in [0.25, 0.3) is 10.2 Å². The molecule has 148 valence electrons. The fourth-order valence-electron chi connectivity index (χ4n) is 3.55. The van der Waals surface area contributed by atoms with E-state index in [1.54, 1.807) is 17.5 Å². The van der Waals surface area contributed by atoms with Gasteiger partial charge in [0.15, 0.2) is 5.13 Å². The second-order valence-electron chi connectivity index (χ2n) is 7.77. The molecule has 0 unspecified atom stereocenters. The Bertz CT molecular complexity index is 1080. The third kappa shape index (κ3) is 4.52. The number of aliphatic hydroxyl groups is 1. The minimum atomic E-state index is -0.293. The average molecular weight is 406 g/mol. The summed E-state index contributed by atoms with van der Waals surface area (Å²) in [6, 6.07) is 9.72. The number of nitrogens with zero attached hydrogens (tertiary/aromatic N) is 2. The second kappa shape index (κ2) is 8.02. The van der Waals surface area contributed by atoms with E-state index in [1.807, 2.05) is 30.3 Å². The molecule has 0 aliphatic heterocycles. The molecule has 2 saturated carbocycles. The molecule has 0 bridgehead atoms. The quantitative estimate of drug-likeness (QED) is 0.601. The highest BCUT2D eigenvalue weighted by molar-refractivity contribution is 7.22. The van der Waals surface area contributed by atoms with Crippen LogP contribution in [0.1, 0.15) is 44.2 Å². The van der Waals surface area contributed by atoms with E-state index in [4.69, 9.17) is 4.74 Å². The van der Waals surface area contributed by atoms with Gasteiger partial charge in [-0.1, -0.05) is 30.1 Å². The van der Waals surface area contributed by atoms with E-state index in [2.05, 4.69) is 27.1 Å². The first kappa shape index (κ1) is 18.4. The largest absolute Gasteiger partial charge is 0.457 e. The third-order valence-electron chi connectivity index (χ3n) is 5.35. The Labute approximate surface area is 174 Å². The van der Waals surface area contributed by atoms with Crippen LogP contribution in [0, 0.1) is 17.8 Å². The summed E-state index contributed by atoms with van der Waals surface area (Å²) in [4.78, 5) is 8.97. The van der Waals surface area contributed by atoms with Crippen LogP contribution in [0.15, 0.2) is 36.5 Å². The van der Waals surface area contributed by atoms with Crippen molar-refractivity contribution in [3.8, 4) is 23.3 Å². The summed E-state index contributed by atoms with van der Waals surface area (Å²) in [5.74, 6) is 8.40. The van der Waals surface area contributed by atoms with E-state index in [0.717, 1.165) is 58.2 Å². The van der Waals surface area contributed by atoms with Gasteiger partial charge in [-0.3, -0.25) is 0 Å². The van der Waals surface area contributed by atoms with Gasteiger partial charge in [0.25, 0.3) is 0 Å². The van der Waals surface area contributed by atoms with Gasteiger partial charge in [-0.15, -0.1) is 0 Å². The Kier molecular flexibility index (Phi) is 5.09. The third-order valence-corrected chi connectivity index (χ3v) is 6.30. The minimum Gasteiger partial charge on any atom is -0.457 e. The maximum absolute atomic E-state index is 10.2. The Morgan fingerprint density at radius 3 is 2.79 bits per heavy atom. The molecular formula is C23H23N3O2S. The van der Waals surface area contributed by atoms with Gasteiger partial charge in [0.05, 0.1) is 22.4 Å². The highest BCUT2D eigenvalue weighted by Crippen LogP contribution is 2.33. The highest BCUT2D eigenvalue weighted by atomic mass is 32.1. The molecule has 1 aromatic carbocycles. The molecule has 5 rings (SSSR count). The number of pyridine rings is 1. The fraction of sp³-hybridized carbons (Fsp3) is 0.391. The zero-order chi connectivity index (χ0) is 19.6. The molecule has 2 atom stereocenters. The van der Waals surface area contributed by atoms with Crippen LogP contribution in [0.3, 0.4) is 0 Å². The van der Waals surface area contributed by atoms with Gasteiger partial charge in [0, 0.05) is 24.2 Å². The molecule has 2 N–H and O–H groups in total. The van der Waals surface area contributed by atoms with E-state index < -0.39 is 0 Å². The number of ether oxygens (including phenoxy) is 1. The summed E-state index contributed by atoms with van der Waals surface area (Å²) in [5, 5.41) is 14.5. The number of aliphatic hydroxyl groups excluding tert-OH is 1. The lowest BCUT2D eigenvalue weighted by atomic mass is 9.93. The molecule has 3 aromatic rings. The van der Waals surface area contributed by atoms with Crippen LogP contribution in [-0.4, -0.2) is 27.2 Å². The molecule has 0 saturated heterocycles. The minimum absolute atomic E-state index is 0.0898. The molecular weight excluding hydrogens is 382 g/mol. The number of thiazole rings is 1. The lowest BCUT2D eigenvalue weighted by Crippen LogP contribution is -2.36. The van der Waals surface area contributed by atoms with Gasteiger partial charge in [0.2, 0.25) is 0 Å². The molecule has 0 radical (unpaired) electrons. The second-order valence-corrected chi connectivity index (χ2v) is 8.80. The zero-order valence-corrected chi connectivity index (χ0v) is 16.9. The molecule has 2 aromatic heterocycles. The molecule has 2 heterocycles. The van der Waals surface area contributed by atoms with Gasteiger partial charge in [-0.05, 0) is 49.8 Å². The normalized spacial score (nSPS) is 21.4. The Morgan fingerprint density at radius 2 is 1.93 bits per heavy atom. The number of fused-ring (bicyclic) bond motifs is 1. The number of nitrogens with one attached hydrogen (secondary N) is 1. The number of hydrogen-bond donors (Lipinski definition) is 2. The topological polar surface area (TPSA) is 67.3 Å². The van der Waals surface area contributed by atoms with Gasteiger partial charge in [0.1, 0.15) is 17.2 Å². The molecule has 5 nitrogen and oxygen atoms in total. The Hall–Kier alpha value is -2.62. The summed E-state index contributed by atoms with van der Waals surface area (Å²) >= 11 is 1.59. The first-order valence-corrected chi connectivity index (χ1v) is 11.1. The summed E-state index contributed by atoms with van der Waals surface area (Å²) in [7, 11) is 0. The van der Waals surface area contributed by atoms with E-state index >= 15 is 0 Å². The van der Waals surface area contributed by atoms with Gasteiger partial charge < -0.3 is 15.2 Å². The van der Waals surface area contributed by atoms with Crippen LogP contribution >= 0.6 is 11.3 Å². The van der Waals surface area contributed by atoms with Crippen molar-refractivity contribution in [1.29, 1.82) is 0 Å². The SMILES string of the molecule is O[C@@H]1CCCC[C@H]1Nc1nc2ccc(Oc3ccnc(C#CC4CC4)c3)cc2s1. The van der Waals surface area contributed by atoms with E-state index in [0.29, 0.717) is 5.92 Å². The van der Waals surface area contributed by atoms with Crippen molar-refractivity contribution in [2.24, 2.45) is 5.92 Å². The van der Waals surface area contributed by atoms with E-state index in [-0.39, 0.29) is 12.1 Å². The molecule has 2 aliphatic rings. The Balaban J connectivity index is 1.31. The smallest absolute Gasteiger partial charge is 0.184 e. The lowest BCUT2D eigenvalue weighted by Gasteiger charge is -2.27.